The second kappa shape index (κ2) is 15.8. The number of carbonyl (C=O) groups is 4. The summed E-state index contributed by atoms with van der Waals surface area (Å²) in [4.78, 5) is 49.5. The molecule has 0 saturated heterocycles. The quantitative estimate of drug-likeness (QED) is 0.0800. The molecule has 0 fully saturated rings. The molecule has 0 aliphatic rings. The lowest BCUT2D eigenvalue weighted by atomic mass is 10.2. The first-order valence-electron chi connectivity index (χ1n) is 13.4. The average Bonchev–Trinajstić information content (AvgIpc) is 3.06. The number of benzene rings is 4. The normalized spacial score (nSPS) is 10.7. The zero-order chi connectivity index (χ0) is 32.0. The average molecular weight is 609 g/mol. The van der Waals surface area contributed by atoms with Crippen molar-refractivity contribution in [2.75, 3.05) is 14.2 Å². The molecule has 228 valence electrons. The van der Waals surface area contributed by atoms with Gasteiger partial charge in [-0.1, -0.05) is 24.3 Å². The van der Waals surface area contributed by atoms with E-state index in [2.05, 4.69) is 21.1 Å². The molecule has 0 unspecified atom stereocenters. The number of esters is 2. The fourth-order valence-electron chi connectivity index (χ4n) is 3.70. The Kier molecular flexibility index (Phi) is 11.1. The molecule has 0 radical (unpaired) electrons. The molecule has 45 heavy (non-hydrogen) atoms. The maximum Gasteiger partial charge on any atom is 0.343 e. The van der Waals surface area contributed by atoms with Crippen LogP contribution in [0, 0.1) is 0 Å². The molecule has 0 atom stereocenters. The smallest absolute Gasteiger partial charge is 0.343 e. The van der Waals surface area contributed by atoms with Crippen LogP contribution in [-0.2, 0) is 9.59 Å². The number of amides is 2. The van der Waals surface area contributed by atoms with Gasteiger partial charge in [0.2, 0.25) is 11.8 Å². The van der Waals surface area contributed by atoms with Gasteiger partial charge in [-0.05, 0) is 72.8 Å². The van der Waals surface area contributed by atoms with E-state index >= 15 is 0 Å². The minimum absolute atomic E-state index is 0.221. The van der Waals surface area contributed by atoms with Crippen molar-refractivity contribution in [3.8, 4) is 23.0 Å². The highest BCUT2D eigenvalue weighted by Gasteiger charge is 2.13. The van der Waals surface area contributed by atoms with Crippen molar-refractivity contribution in [3.05, 3.63) is 119 Å². The maximum absolute atomic E-state index is 12.5. The van der Waals surface area contributed by atoms with Gasteiger partial charge in [0.1, 0.15) is 29.4 Å². The van der Waals surface area contributed by atoms with Crippen molar-refractivity contribution in [2.24, 2.45) is 10.2 Å². The predicted molar refractivity (Wildman–Crippen MR) is 165 cm³/mol. The van der Waals surface area contributed by atoms with E-state index in [-0.39, 0.29) is 11.5 Å². The van der Waals surface area contributed by atoms with E-state index in [0.717, 1.165) is 0 Å². The van der Waals surface area contributed by atoms with Gasteiger partial charge in [-0.3, -0.25) is 9.59 Å². The van der Waals surface area contributed by atoms with Gasteiger partial charge in [0.25, 0.3) is 0 Å². The SMILES string of the molecule is COc1ccc(C(=O)Oc2ccccc2/C=N/NC(=O)CC(=O)N/N=C/c2ccccc2OC(=O)c2ccc(OC)cc2)cc1. The number of para-hydroxylation sites is 2. The zero-order valence-corrected chi connectivity index (χ0v) is 24.3. The number of nitrogens with zero attached hydrogens (tertiary/aromatic N) is 2. The third-order valence-electron chi connectivity index (χ3n) is 6.00. The van der Waals surface area contributed by atoms with Crippen molar-refractivity contribution in [3.63, 3.8) is 0 Å². The van der Waals surface area contributed by atoms with E-state index in [9.17, 15) is 19.2 Å². The van der Waals surface area contributed by atoms with Gasteiger partial charge in [-0.25, -0.2) is 20.4 Å². The van der Waals surface area contributed by atoms with E-state index in [4.69, 9.17) is 18.9 Å². The third kappa shape index (κ3) is 9.35. The Labute approximate surface area is 258 Å². The molecule has 0 aliphatic carbocycles. The summed E-state index contributed by atoms with van der Waals surface area (Å²) in [6.45, 7) is 0. The van der Waals surface area contributed by atoms with Gasteiger partial charge in [0.15, 0.2) is 0 Å². The lowest BCUT2D eigenvalue weighted by Crippen LogP contribution is -2.27. The Morgan fingerprint density at radius 2 is 0.956 bits per heavy atom. The summed E-state index contributed by atoms with van der Waals surface area (Å²) in [5.41, 5.74) is 5.97. The molecule has 4 rings (SSSR count). The lowest BCUT2D eigenvalue weighted by molar-refractivity contribution is -0.129. The van der Waals surface area contributed by atoms with Gasteiger partial charge in [-0.15, -0.1) is 0 Å². The van der Waals surface area contributed by atoms with Crippen LogP contribution >= 0.6 is 0 Å². The third-order valence-corrected chi connectivity index (χ3v) is 6.00. The van der Waals surface area contributed by atoms with Gasteiger partial charge < -0.3 is 18.9 Å². The first-order chi connectivity index (χ1) is 21.9. The van der Waals surface area contributed by atoms with Crippen molar-refractivity contribution >= 4 is 36.2 Å². The first kappa shape index (κ1) is 31.6. The highest BCUT2D eigenvalue weighted by molar-refractivity contribution is 5.98. The predicted octanol–water partition coefficient (Wildman–Crippen LogP) is 4.13. The number of ether oxygens (including phenoxy) is 4. The molecule has 0 bridgehead atoms. The summed E-state index contributed by atoms with van der Waals surface area (Å²) in [6, 6.07) is 26.1. The number of hydrogen-bond donors (Lipinski definition) is 2. The molecule has 0 saturated carbocycles. The number of hydrogen-bond acceptors (Lipinski definition) is 10. The van der Waals surface area contributed by atoms with Crippen LogP contribution in [-0.4, -0.2) is 50.4 Å². The van der Waals surface area contributed by atoms with Crippen LogP contribution in [0.3, 0.4) is 0 Å². The fourth-order valence-corrected chi connectivity index (χ4v) is 3.70. The summed E-state index contributed by atoms with van der Waals surface area (Å²) in [7, 11) is 3.05. The number of carbonyl (C=O) groups excluding carboxylic acids is 4. The Balaban J connectivity index is 1.27. The van der Waals surface area contributed by atoms with Crippen LogP contribution in [0.4, 0.5) is 0 Å². The van der Waals surface area contributed by atoms with Crippen LogP contribution in [0.25, 0.3) is 0 Å². The minimum atomic E-state index is -0.708. The van der Waals surface area contributed by atoms with E-state index in [1.807, 2.05) is 0 Å². The minimum Gasteiger partial charge on any atom is -0.497 e. The van der Waals surface area contributed by atoms with E-state index in [0.29, 0.717) is 33.8 Å². The standard InChI is InChI=1S/C33H28N4O8/c1-42-26-15-11-22(12-16-26)32(40)44-28-9-5-3-7-24(28)20-34-36-30(38)19-31(39)37-35-21-25-8-4-6-10-29(25)45-33(41)23-13-17-27(43-2)18-14-23/h3-18,20-21H,19H2,1-2H3,(H,36,38)(H,37,39)/b34-20+,35-21+. The highest BCUT2D eigenvalue weighted by Crippen LogP contribution is 2.20. The molecule has 2 amide bonds. The van der Waals surface area contributed by atoms with E-state index in [1.165, 1.54) is 26.6 Å². The number of nitrogens with one attached hydrogen (secondary N) is 2. The largest absolute Gasteiger partial charge is 0.497 e. The van der Waals surface area contributed by atoms with Crippen molar-refractivity contribution in [1.82, 2.24) is 10.9 Å². The van der Waals surface area contributed by atoms with Gasteiger partial charge in [0.05, 0.1) is 37.8 Å². The summed E-state index contributed by atoms with van der Waals surface area (Å²) < 4.78 is 21.1. The summed E-state index contributed by atoms with van der Waals surface area (Å²) in [6.07, 6.45) is 2.00. The molecule has 12 heteroatoms. The van der Waals surface area contributed by atoms with E-state index in [1.54, 1.807) is 97.1 Å². The summed E-state index contributed by atoms with van der Waals surface area (Å²) in [5, 5.41) is 7.71. The maximum atomic E-state index is 12.5. The Morgan fingerprint density at radius 3 is 1.33 bits per heavy atom. The molecule has 0 heterocycles. The van der Waals surface area contributed by atoms with Crippen LogP contribution in [0.15, 0.2) is 107 Å². The van der Waals surface area contributed by atoms with Crippen molar-refractivity contribution in [2.45, 2.75) is 6.42 Å². The first-order valence-corrected chi connectivity index (χ1v) is 13.4. The van der Waals surface area contributed by atoms with Crippen molar-refractivity contribution in [1.29, 1.82) is 0 Å². The molecular weight excluding hydrogens is 580 g/mol. The monoisotopic (exact) mass is 608 g/mol. The van der Waals surface area contributed by atoms with Crippen LogP contribution in [0.2, 0.25) is 0 Å². The summed E-state index contributed by atoms with van der Waals surface area (Å²) >= 11 is 0. The Morgan fingerprint density at radius 1 is 0.578 bits per heavy atom. The molecule has 0 spiro atoms. The molecule has 2 N–H and O–H groups in total. The van der Waals surface area contributed by atoms with Gasteiger partial charge in [-0.2, -0.15) is 10.2 Å². The molecular formula is C33H28N4O8. The molecule has 4 aromatic carbocycles. The Bertz CT molecular complexity index is 1590. The highest BCUT2D eigenvalue weighted by atomic mass is 16.5. The number of hydrazone groups is 2. The van der Waals surface area contributed by atoms with Gasteiger partial charge >= 0.3 is 11.9 Å². The molecule has 0 aliphatic heterocycles. The number of rotatable bonds is 12. The Hall–Kier alpha value is -6.30. The van der Waals surface area contributed by atoms with Crippen LogP contribution < -0.4 is 29.8 Å². The van der Waals surface area contributed by atoms with Gasteiger partial charge in [0, 0.05) is 11.1 Å². The second-order valence-corrected chi connectivity index (χ2v) is 9.07. The lowest BCUT2D eigenvalue weighted by Gasteiger charge is -2.08. The summed E-state index contributed by atoms with van der Waals surface area (Å²) in [5.74, 6) is -0.942. The van der Waals surface area contributed by atoms with Crippen molar-refractivity contribution < 1.29 is 38.1 Å². The molecule has 4 aromatic rings. The zero-order valence-electron chi connectivity index (χ0n) is 24.3. The number of methoxy groups -OCH3 is 2. The second-order valence-electron chi connectivity index (χ2n) is 9.07. The molecule has 0 aromatic heterocycles. The van der Waals surface area contributed by atoms with Crippen LogP contribution in [0.5, 0.6) is 23.0 Å². The fraction of sp³-hybridized carbons (Fsp3) is 0.0909. The molecule has 12 nitrogen and oxygen atoms in total. The topological polar surface area (TPSA) is 154 Å². The van der Waals surface area contributed by atoms with Crippen LogP contribution in [0.1, 0.15) is 38.3 Å². The van der Waals surface area contributed by atoms with E-state index < -0.39 is 30.2 Å².